The Morgan fingerprint density at radius 3 is 2.75 bits per heavy atom. The van der Waals surface area contributed by atoms with E-state index in [2.05, 4.69) is 68.5 Å². The van der Waals surface area contributed by atoms with Crippen LogP contribution in [0.25, 0.3) is 0 Å². The van der Waals surface area contributed by atoms with Crippen LogP contribution in [0.5, 0.6) is 0 Å². The minimum atomic E-state index is 0.187. The van der Waals surface area contributed by atoms with E-state index in [0.29, 0.717) is 5.92 Å². The number of rotatable bonds is 4. The van der Waals surface area contributed by atoms with Crippen LogP contribution < -0.4 is 0 Å². The Balaban J connectivity index is 1.60. The maximum Gasteiger partial charge on any atom is 0.134 e. The molecule has 0 fully saturated rings. The first-order chi connectivity index (χ1) is 11.6. The van der Waals surface area contributed by atoms with Crippen LogP contribution in [0.3, 0.4) is 0 Å². The number of nitrogens with zero attached hydrogens (tertiary/aromatic N) is 5. The molecule has 5 nitrogen and oxygen atoms in total. The van der Waals surface area contributed by atoms with Crippen LogP contribution in [0.2, 0.25) is 0 Å². The van der Waals surface area contributed by atoms with Crippen LogP contribution >= 0.6 is 0 Å². The van der Waals surface area contributed by atoms with Crippen molar-refractivity contribution in [1.29, 1.82) is 0 Å². The predicted octanol–water partition coefficient (Wildman–Crippen LogP) is 3.08. The van der Waals surface area contributed by atoms with E-state index in [0.717, 1.165) is 37.6 Å². The second-order valence-electron chi connectivity index (χ2n) is 7.32. The highest BCUT2D eigenvalue weighted by Crippen LogP contribution is 2.42. The molecule has 0 radical (unpaired) electrons. The number of aromatic nitrogens is 5. The van der Waals surface area contributed by atoms with Gasteiger partial charge < -0.3 is 9.13 Å². The molecular weight excluding hydrogens is 298 g/mol. The summed E-state index contributed by atoms with van der Waals surface area (Å²) < 4.78 is 4.42. The molecule has 24 heavy (non-hydrogen) atoms. The Kier molecular flexibility index (Phi) is 3.71. The molecule has 0 bridgehead atoms. The van der Waals surface area contributed by atoms with Crippen LogP contribution in [0, 0.1) is 5.41 Å². The molecule has 1 aliphatic rings. The maximum atomic E-state index is 4.47. The highest BCUT2D eigenvalue weighted by Gasteiger charge is 2.38. The van der Waals surface area contributed by atoms with Gasteiger partial charge in [-0.25, -0.2) is 4.98 Å². The number of imidazole rings is 1. The Morgan fingerprint density at radius 1 is 1.17 bits per heavy atom. The SMILES string of the molecule is CC1(C)Cc2nnc(CCn3ccnc3)n2CC1c1ccccc1. The van der Waals surface area contributed by atoms with Crippen molar-refractivity contribution >= 4 is 0 Å². The second kappa shape index (κ2) is 5.89. The number of aryl methyl sites for hydroxylation is 2. The van der Waals surface area contributed by atoms with Gasteiger partial charge in [0.15, 0.2) is 0 Å². The molecule has 0 saturated heterocycles. The van der Waals surface area contributed by atoms with Crippen molar-refractivity contribution in [2.75, 3.05) is 0 Å². The predicted molar refractivity (Wildman–Crippen MR) is 92.6 cm³/mol. The Bertz CT molecular complexity index is 802. The molecule has 124 valence electrons. The number of hydrogen-bond acceptors (Lipinski definition) is 3. The normalized spacial score (nSPS) is 19.2. The molecule has 3 heterocycles. The smallest absolute Gasteiger partial charge is 0.134 e. The summed E-state index contributed by atoms with van der Waals surface area (Å²) in [5.74, 6) is 2.68. The standard InChI is InChI=1S/C19H23N5/c1-19(2)12-18-22-21-17(8-10-23-11-9-20-14-23)24(18)13-16(19)15-6-4-3-5-7-15/h3-7,9,11,14,16H,8,10,12-13H2,1-2H3. The van der Waals surface area contributed by atoms with Crippen LogP contribution in [-0.2, 0) is 25.9 Å². The zero-order chi connectivity index (χ0) is 16.6. The molecule has 0 saturated carbocycles. The van der Waals surface area contributed by atoms with Crippen molar-refractivity contribution in [3.63, 3.8) is 0 Å². The van der Waals surface area contributed by atoms with Gasteiger partial charge in [0.1, 0.15) is 11.6 Å². The molecule has 0 amide bonds. The molecule has 1 aromatic carbocycles. The Hall–Kier alpha value is -2.43. The summed E-state index contributed by atoms with van der Waals surface area (Å²) >= 11 is 0. The average Bonchev–Trinajstić information content (AvgIpc) is 3.21. The van der Waals surface area contributed by atoms with Gasteiger partial charge in [-0.15, -0.1) is 10.2 Å². The monoisotopic (exact) mass is 321 g/mol. The van der Waals surface area contributed by atoms with Crippen LogP contribution in [-0.4, -0.2) is 24.3 Å². The van der Waals surface area contributed by atoms with Gasteiger partial charge >= 0.3 is 0 Å². The number of fused-ring (bicyclic) bond motifs is 1. The lowest BCUT2D eigenvalue weighted by Crippen LogP contribution is -2.35. The summed E-state index contributed by atoms with van der Waals surface area (Å²) in [6.45, 7) is 6.53. The minimum Gasteiger partial charge on any atom is -0.337 e. The molecule has 0 N–H and O–H groups in total. The topological polar surface area (TPSA) is 48.5 Å². The Labute approximate surface area is 142 Å². The van der Waals surface area contributed by atoms with Gasteiger partial charge in [0, 0.05) is 44.2 Å². The highest BCUT2D eigenvalue weighted by atomic mass is 15.3. The van der Waals surface area contributed by atoms with Crippen molar-refractivity contribution in [2.24, 2.45) is 5.41 Å². The molecule has 0 aliphatic carbocycles. The average molecular weight is 321 g/mol. The van der Waals surface area contributed by atoms with E-state index in [4.69, 9.17) is 0 Å². The van der Waals surface area contributed by atoms with E-state index in [-0.39, 0.29) is 5.41 Å². The van der Waals surface area contributed by atoms with Crippen molar-refractivity contribution in [2.45, 2.75) is 45.7 Å². The van der Waals surface area contributed by atoms with Crippen molar-refractivity contribution < 1.29 is 0 Å². The van der Waals surface area contributed by atoms with Gasteiger partial charge in [-0.05, 0) is 11.0 Å². The number of hydrogen-bond donors (Lipinski definition) is 0. The lowest BCUT2D eigenvalue weighted by Gasteiger charge is -2.39. The fraction of sp³-hybridized carbons (Fsp3) is 0.421. The minimum absolute atomic E-state index is 0.187. The van der Waals surface area contributed by atoms with Gasteiger partial charge in [0.2, 0.25) is 0 Å². The second-order valence-corrected chi connectivity index (χ2v) is 7.32. The van der Waals surface area contributed by atoms with Gasteiger partial charge in [-0.3, -0.25) is 0 Å². The van der Waals surface area contributed by atoms with Crippen LogP contribution in [0.4, 0.5) is 0 Å². The molecule has 4 rings (SSSR count). The molecule has 3 aromatic rings. The van der Waals surface area contributed by atoms with Crippen LogP contribution in [0.1, 0.15) is 37.0 Å². The first-order valence-electron chi connectivity index (χ1n) is 8.55. The van der Waals surface area contributed by atoms with Gasteiger partial charge in [0.05, 0.1) is 6.33 Å². The molecule has 2 aromatic heterocycles. The van der Waals surface area contributed by atoms with E-state index in [1.807, 2.05) is 18.7 Å². The molecule has 1 aliphatic heterocycles. The molecular formula is C19H23N5. The third-order valence-electron chi connectivity index (χ3n) is 5.18. The summed E-state index contributed by atoms with van der Waals surface area (Å²) in [5, 5.41) is 8.94. The molecule has 1 atom stereocenters. The third kappa shape index (κ3) is 2.75. The zero-order valence-corrected chi connectivity index (χ0v) is 14.3. The third-order valence-corrected chi connectivity index (χ3v) is 5.18. The van der Waals surface area contributed by atoms with Crippen molar-refractivity contribution in [1.82, 2.24) is 24.3 Å². The van der Waals surface area contributed by atoms with E-state index >= 15 is 0 Å². The fourth-order valence-corrected chi connectivity index (χ4v) is 3.75. The summed E-state index contributed by atoms with van der Waals surface area (Å²) in [5.41, 5.74) is 1.59. The van der Waals surface area contributed by atoms with E-state index in [9.17, 15) is 0 Å². The first-order valence-corrected chi connectivity index (χ1v) is 8.55. The summed E-state index contributed by atoms with van der Waals surface area (Å²) in [6, 6.07) is 10.8. The van der Waals surface area contributed by atoms with Gasteiger partial charge in [-0.1, -0.05) is 44.2 Å². The quantitative estimate of drug-likeness (QED) is 0.742. The highest BCUT2D eigenvalue weighted by molar-refractivity contribution is 5.24. The van der Waals surface area contributed by atoms with Gasteiger partial charge in [-0.2, -0.15) is 0 Å². The van der Waals surface area contributed by atoms with Crippen molar-refractivity contribution in [3.05, 3.63) is 66.3 Å². The lowest BCUT2D eigenvalue weighted by atomic mass is 9.70. The van der Waals surface area contributed by atoms with E-state index in [1.54, 1.807) is 0 Å². The maximum absolute atomic E-state index is 4.47. The molecule has 1 unspecified atom stereocenters. The molecule has 5 heteroatoms. The summed E-state index contributed by atoms with van der Waals surface area (Å²) in [6.07, 6.45) is 7.50. The van der Waals surface area contributed by atoms with Gasteiger partial charge in [0.25, 0.3) is 0 Å². The van der Waals surface area contributed by atoms with E-state index < -0.39 is 0 Å². The lowest BCUT2D eigenvalue weighted by molar-refractivity contribution is 0.215. The number of benzene rings is 1. The van der Waals surface area contributed by atoms with Crippen LogP contribution in [0.15, 0.2) is 49.1 Å². The van der Waals surface area contributed by atoms with Crippen molar-refractivity contribution in [3.8, 4) is 0 Å². The Morgan fingerprint density at radius 2 is 2.00 bits per heavy atom. The zero-order valence-electron chi connectivity index (χ0n) is 14.3. The summed E-state index contributed by atoms with van der Waals surface area (Å²) in [7, 11) is 0. The first kappa shape index (κ1) is 15.1. The van der Waals surface area contributed by atoms with E-state index in [1.165, 1.54) is 5.56 Å². The summed E-state index contributed by atoms with van der Waals surface area (Å²) in [4.78, 5) is 4.10. The molecule has 0 spiro atoms. The fourth-order valence-electron chi connectivity index (χ4n) is 3.75. The largest absolute Gasteiger partial charge is 0.337 e.